The number of carbonyl (C=O) groups excluding carboxylic acids is 1. The van der Waals surface area contributed by atoms with Crippen LogP contribution in [0.1, 0.15) is 27.0 Å². The van der Waals surface area contributed by atoms with E-state index in [0.717, 1.165) is 16.7 Å². The molecule has 10 heteroatoms. The molecule has 4 aromatic carbocycles. The average molecular weight is 683 g/mol. The lowest BCUT2D eigenvalue weighted by Gasteiger charge is -2.46. The van der Waals surface area contributed by atoms with Crippen LogP contribution >= 0.6 is 0 Å². The van der Waals surface area contributed by atoms with E-state index in [1.807, 2.05) is 97.1 Å². The van der Waals surface area contributed by atoms with E-state index >= 15 is 0 Å². The van der Waals surface area contributed by atoms with Crippen LogP contribution in [0.5, 0.6) is 0 Å². The SMILES string of the molecule is CO[C@H]1O[C@H](COCc2ccccc2)[C@H](OCc2ccccc2)[C@@H](OC2O[C@H](COC(=O)c3ccccc3)[C@@H]3O[C@H]23)[C@H]1OCc1ccccc1. The van der Waals surface area contributed by atoms with Gasteiger partial charge in [0, 0.05) is 7.11 Å². The van der Waals surface area contributed by atoms with Crippen molar-refractivity contribution in [2.45, 2.75) is 75.1 Å². The molecule has 0 saturated carbocycles. The summed E-state index contributed by atoms with van der Waals surface area (Å²) >= 11 is 0. The Balaban J connectivity index is 1.10. The lowest BCUT2D eigenvalue weighted by molar-refractivity contribution is -0.342. The quantitative estimate of drug-likeness (QED) is 0.112. The molecule has 262 valence electrons. The zero-order chi connectivity index (χ0) is 34.1. The Kier molecular flexibility index (Phi) is 11.6. The molecule has 1 unspecified atom stereocenters. The summed E-state index contributed by atoms with van der Waals surface area (Å²) in [4.78, 5) is 12.6. The average Bonchev–Trinajstić information content (AvgIpc) is 3.90. The highest BCUT2D eigenvalue weighted by molar-refractivity contribution is 5.89. The third kappa shape index (κ3) is 8.66. The molecule has 7 rings (SSSR count). The molecular formula is C40H42O10. The van der Waals surface area contributed by atoms with Crippen LogP contribution in [0.2, 0.25) is 0 Å². The van der Waals surface area contributed by atoms with Crippen molar-refractivity contribution in [2.75, 3.05) is 20.3 Å². The largest absolute Gasteiger partial charge is 0.459 e. The van der Waals surface area contributed by atoms with Gasteiger partial charge < -0.3 is 42.6 Å². The zero-order valence-electron chi connectivity index (χ0n) is 27.9. The van der Waals surface area contributed by atoms with E-state index in [-0.39, 0.29) is 25.4 Å². The van der Waals surface area contributed by atoms with E-state index in [2.05, 4.69) is 0 Å². The van der Waals surface area contributed by atoms with E-state index in [1.54, 1.807) is 31.4 Å². The maximum absolute atomic E-state index is 12.6. The number of hydrogen-bond acceptors (Lipinski definition) is 10. The van der Waals surface area contributed by atoms with Gasteiger partial charge in [-0.1, -0.05) is 109 Å². The first-order valence-electron chi connectivity index (χ1n) is 17.0. The van der Waals surface area contributed by atoms with Crippen LogP contribution in [0.15, 0.2) is 121 Å². The van der Waals surface area contributed by atoms with Crippen molar-refractivity contribution in [1.29, 1.82) is 0 Å². The second kappa shape index (κ2) is 16.8. The molecule has 0 aliphatic carbocycles. The van der Waals surface area contributed by atoms with Gasteiger partial charge >= 0.3 is 5.97 Å². The first-order chi connectivity index (χ1) is 24.7. The maximum atomic E-state index is 12.6. The van der Waals surface area contributed by atoms with Gasteiger partial charge in [0.05, 0.1) is 32.0 Å². The predicted molar refractivity (Wildman–Crippen MR) is 181 cm³/mol. The van der Waals surface area contributed by atoms with Gasteiger partial charge in [0.1, 0.15) is 49.3 Å². The zero-order valence-corrected chi connectivity index (χ0v) is 27.9. The smallest absolute Gasteiger partial charge is 0.338 e. The Morgan fingerprint density at radius 1 is 0.560 bits per heavy atom. The van der Waals surface area contributed by atoms with Gasteiger partial charge in [0.15, 0.2) is 12.6 Å². The minimum atomic E-state index is -0.800. The molecule has 0 radical (unpaired) electrons. The molecule has 0 spiro atoms. The second-order valence-corrected chi connectivity index (χ2v) is 12.5. The van der Waals surface area contributed by atoms with Crippen LogP contribution in [0.25, 0.3) is 0 Å². The van der Waals surface area contributed by atoms with Crippen molar-refractivity contribution >= 4 is 5.97 Å². The molecule has 3 fully saturated rings. The molecular weight excluding hydrogens is 640 g/mol. The molecule has 0 bridgehead atoms. The van der Waals surface area contributed by atoms with Crippen molar-refractivity contribution in [3.63, 3.8) is 0 Å². The van der Waals surface area contributed by atoms with Crippen LogP contribution in [0.3, 0.4) is 0 Å². The number of carbonyl (C=O) groups is 1. The van der Waals surface area contributed by atoms with Gasteiger partial charge in [-0.25, -0.2) is 4.79 Å². The summed E-state index contributed by atoms with van der Waals surface area (Å²) in [6.45, 7) is 1.24. The monoisotopic (exact) mass is 682 g/mol. The molecule has 0 amide bonds. The Morgan fingerprint density at radius 3 is 1.70 bits per heavy atom. The van der Waals surface area contributed by atoms with Gasteiger partial charge in [0.2, 0.25) is 0 Å². The number of epoxide rings is 1. The lowest BCUT2D eigenvalue weighted by Crippen LogP contribution is -2.62. The summed E-state index contributed by atoms with van der Waals surface area (Å²) in [6, 6.07) is 38.6. The highest BCUT2D eigenvalue weighted by Crippen LogP contribution is 2.42. The van der Waals surface area contributed by atoms with Gasteiger partial charge in [-0.3, -0.25) is 0 Å². The highest BCUT2D eigenvalue weighted by Gasteiger charge is 2.61. The molecule has 0 aromatic heterocycles. The fourth-order valence-corrected chi connectivity index (χ4v) is 6.33. The minimum Gasteiger partial charge on any atom is -0.459 e. The molecule has 50 heavy (non-hydrogen) atoms. The van der Waals surface area contributed by atoms with Gasteiger partial charge in [-0.05, 0) is 28.8 Å². The third-order valence-electron chi connectivity index (χ3n) is 8.97. The van der Waals surface area contributed by atoms with Gasteiger partial charge in [-0.15, -0.1) is 0 Å². The minimum absolute atomic E-state index is 0.0288. The summed E-state index contributed by atoms with van der Waals surface area (Å²) in [6.07, 6.45) is -5.30. The fraction of sp³-hybridized carbons (Fsp3) is 0.375. The van der Waals surface area contributed by atoms with Crippen molar-refractivity contribution in [3.8, 4) is 0 Å². The van der Waals surface area contributed by atoms with E-state index in [9.17, 15) is 4.79 Å². The van der Waals surface area contributed by atoms with E-state index in [4.69, 9.17) is 42.6 Å². The van der Waals surface area contributed by atoms with Crippen LogP contribution in [0.4, 0.5) is 0 Å². The summed E-state index contributed by atoms with van der Waals surface area (Å²) in [5.74, 6) is -0.426. The molecule has 4 aromatic rings. The summed E-state index contributed by atoms with van der Waals surface area (Å²) in [7, 11) is 1.58. The van der Waals surface area contributed by atoms with Crippen molar-refractivity contribution in [1.82, 2.24) is 0 Å². The summed E-state index contributed by atoms with van der Waals surface area (Å²) < 4.78 is 56.5. The third-order valence-corrected chi connectivity index (χ3v) is 8.97. The Morgan fingerprint density at radius 2 is 1.10 bits per heavy atom. The van der Waals surface area contributed by atoms with E-state index in [0.29, 0.717) is 25.4 Å². The predicted octanol–water partition coefficient (Wildman–Crippen LogP) is 5.48. The number of benzene rings is 4. The molecule has 0 N–H and O–H groups in total. The van der Waals surface area contributed by atoms with Crippen molar-refractivity contribution < 1.29 is 47.4 Å². The highest BCUT2D eigenvalue weighted by atomic mass is 16.8. The lowest BCUT2D eigenvalue weighted by atomic mass is 9.97. The maximum Gasteiger partial charge on any atom is 0.338 e. The molecule has 3 aliphatic heterocycles. The number of rotatable bonds is 16. The Labute approximate surface area is 292 Å². The molecule has 9 atom stereocenters. The Bertz CT molecular complexity index is 1610. The topological polar surface area (TPSA) is 103 Å². The van der Waals surface area contributed by atoms with Crippen molar-refractivity contribution in [2.24, 2.45) is 0 Å². The summed E-state index contributed by atoms with van der Waals surface area (Å²) in [5.41, 5.74) is 3.49. The standard InChI is InChI=1S/C40H42O10/c1-42-39-36(45-24-29-18-10-4-11-19-29)35(50-40-37-34(49-37)32(48-40)26-46-38(41)30-20-12-5-13-21-30)33(44-23-28-16-8-3-9-17-28)31(47-39)25-43-22-27-14-6-2-7-15-27/h2-21,31-37,39-40H,22-26H2,1H3/t31-,32-,33+,34+,35-,36-,37+,39+,40?/m1/s1. The number of methoxy groups -OCH3 is 1. The number of fused-ring (bicyclic) bond motifs is 1. The van der Waals surface area contributed by atoms with E-state index < -0.39 is 49.1 Å². The fourth-order valence-electron chi connectivity index (χ4n) is 6.33. The van der Waals surface area contributed by atoms with Crippen LogP contribution in [0, 0.1) is 0 Å². The van der Waals surface area contributed by atoms with Crippen LogP contribution in [-0.2, 0) is 62.5 Å². The molecule has 3 saturated heterocycles. The molecule has 3 aliphatic rings. The van der Waals surface area contributed by atoms with E-state index in [1.165, 1.54) is 0 Å². The molecule has 3 heterocycles. The van der Waals surface area contributed by atoms with Gasteiger partial charge in [0.25, 0.3) is 0 Å². The van der Waals surface area contributed by atoms with Crippen LogP contribution < -0.4 is 0 Å². The Hall–Kier alpha value is -3.97. The van der Waals surface area contributed by atoms with Crippen LogP contribution in [-0.4, -0.2) is 81.6 Å². The number of hydrogen-bond donors (Lipinski definition) is 0. The molecule has 10 nitrogen and oxygen atoms in total. The van der Waals surface area contributed by atoms with Crippen molar-refractivity contribution in [3.05, 3.63) is 144 Å². The van der Waals surface area contributed by atoms with Gasteiger partial charge in [-0.2, -0.15) is 0 Å². The summed E-state index contributed by atoms with van der Waals surface area (Å²) in [5, 5.41) is 0. The normalized spacial score (nSPS) is 28.5. The second-order valence-electron chi connectivity index (χ2n) is 12.5. The number of ether oxygens (including phenoxy) is 9. The first-order valence-corrected chi connectivity index (χ1v) is 17.0. The first kappa shape index (κ1) is 34.5. The number of esters is 1.